The third-order valence-corrected chi connectivity index (χ3v) is 4.29. The predicted molar refractivity (Wildman–Crippen MR) is 96.5 cm³/mol. The van der Waals surface area contributed by atoms with E-state index in [1.807, 2.05) is 32.0 Å². The van der Waals surface area contributed by atoms with Gasteiger partial charge in [-0.25, -0.2) is 0 Å². The average molecular weight is 383 g/mol. The van der Waals surface area contributed by atoms with Crippen molar-refractivity contribution < 1.29 is 14.3 Å². The molecule has 0 amide bonds. The van der Waals surface area contributed by atoms with Crippen LogP contribution in [0, 0.1) is 13.8 Å². The van der Waals surface area contributed by atoms with E-state index in [0.717, 1.165) is 21.2 Å². The van der Waals surface area contributed by atoms with Crippen molar-refractivity contribution in [2.75, 3.05) is 0 Å². The molecular weight excluding hydrogens is 368 g/mol. The molecule has 0 spiro atoms. The third-order valence-electron chi connectivity index (χ3n) is 3.76. The number of hydrogen-bond acceptors (Lipinski definition) is 3. The zero-order valence-corrected chi connectivity index (χ0v) is 14.9. The van der Waals surface area contributed by atoms with Crippen molar-refractivity contribution in [3.63, 3.8) is 0 Å². The third kappa shape index (κ3) is 3.39. The van der Waals surface area contributed by atoms with Gasteiger partial charge in [-0.05, 0) is 43.7 Å². The fourth-order valence-corrected chi connectivity index (χ4v) is 2.79. The molecule has 1 aliphatic heterocycles. The minimum atomic E-state index is -0.296. The molecule has 4 heteroatoms. The summed E-state index contributed by atoms with van der Waals surface area (Å²) in [5.41, 5.74) is 3.52. The van der Waals surface area contributed by atoms with Crippen LogP contribution in [-0.4, -0.2) is 11.6 Å². The second-order valence-corrected chi connectivity index (χ2v) is 6.59. The van der Waals surface area contributed by atoms with Gasteiger partial charge in [-0.1, -0.05) is 39.7 Å². The summed E-state index contributed by atoms with van der Waals surface area (Å²) in [5.74, 6) is -0.0261. The van der Waals surface area contributed by atoms with Crippen LogP contribution in [0.25, 0.3) is 5.76 Å². The van der Waals surface area contributed by atoms with Gasteiger partial charge in [0.15, 0.2) is 11.5 Å². The topological polar surface area (TPSA) is 43.4 Å². The Labute approximate surface area is 148 Å². The van der Waals surface area contributed by atoms with Crippen LogP contribution in [0.4, 0.5) is 0 Å². The van der Waals surface area contributed by atoms with E-state index >= 15 is 0 Å². The minimum absolute atomic E-state index is 0.0536. The molecule has 0 radical (unpaired) electrons. The van der Waals surface area contributed by atoms with Gasteiger partial charge in [0, 0.05) is 27.8 Å². The summed E-state index contributed by atoms with van der Waals surface area (Å²) in [7, 11) is 0. The number of ether oxygens (including phenoxy) is 1. The molecule has 1 aliphatic rings. The summed E-state index contributed by atoms with van der Waals surface area (Å²) in [4.78, 5) is 24.4. The lowest BCUT2D eigenvalue weighted by atomic mass is 10.0. The molecule has 0 bridgehead atoms. The van der Waals surface area contributed by atoms with E-state index in [0.29, 0.717) is 11.3 Å². The van der Waals surface area contributed by atoms with Crippen molar-refractivity contribution in [2.45, 2.75) is 13.8 Å². The second-order valence-electron chi connectivity index (χ2n) is 5.67. The molecule has 3 nitrogen and oxygen atoms in total. The Morgan fingerprint density at radius 3 is 2.46 bits per heavy atom. The van der Waals surface area contributed by atoms with Gasteiger partial charge in [-0.2, -0.15) is 0 Å². The first-order valence-electron chi connectivity index (χ1n) is 7.47. The number of ketones is 2. The maximum atomic E-state index is 12.3. The van der Waals surface area contributed by atoms with Crippen molar-refractivity contribution in [1.82, 2.24) is 0 Å². The Morgan fingerprint density at radius 2 is 1.79 bits per heavy atom. The van der Waals surface area contributed by atoms with E-state index in [1.54, 1.807) is 24.3 Å². The van der Waals surface area contributed by atoms with E-state index in [9.17, 15) is 9.59 Å². The molecule has 0 saturated heterocycles. The highest BCUT2D eigenvalue weighted by atomic mass is 79.9. The highest BCUT2D eigenvalue weighted by molar-refractivity contribution is 9.10. The standard InChI is InChI=1S/C20H15BrO3/c1-12-3-8-16(13(2)9-12)19-11-18(23)20(24-19)10-17(22)14-4-6-15(21)7-5-14/h3-11H,1-2H3/b20-10+. The summed E-state index contributed by atoms with van der Waals surface area (Å²) >= 11 is 3.32. The Hall–Kier alpha value is -2.46. The first kappa shape index (κ1) is 16.4. The Balaban J connectivity index is 1.84. The Bertz CT molecular complexity index is 890. The molecule has 1 heterocycles. The molecule has 24 heavy (non-hydrogen) atoms. The first-order valence-corrected chi connectivity index (χ1v) is 8.26. The van der Waals surface area contributed by atoms with Gasteiger partial charge in [0.2, 0.25) is 5.78 Å². The van der Waals surface area contributed by atoms with Gasteiger partial charge in [0.1, 0.15) is 5.76 Å². The zero-order chi connectivity index (χ0) is 17.3. The Morgan fingerprint density at radius 1 is 1.08 bits per heavy atom. The van der Waals surface area contributed by atoms with E-state index < -0.39 is 0 Å². The van der Waals surface area contributed by atoms with Crippen molar-refractivity contribution in [1.29, 1.82) is 0 Å². The number of benzene rings is 2. The SMILES string of the molecule is Cc1ccc(C2=CC(=O)/C(=C\C(=O)c3ccc(Br)cc3)O2)c(C)c1. The summed E-state index contributed by atoms with van der Waals surface area (Å²) < 4.78 is 6.53. The van der Waals surface area contributed by atoms with Gasteiger partial charge in [-0.3, -0.25) is 9.59 Å². The fourth-order valence-electron chi connectivity index (χ4n) is 2.53. The minimum Gasteiger partial charge on any atom is -0.452 e. The Kier molecular flexibility index (Phi) is 4.49. The highest BCUT2D eigenvalue weighted by Crippen LogP contribution is 2.29. The first-order chi connectivity index (χ1) is 11.4. The smallest absolute Gasteiger partial charge is 0.224 e. The maximum absolute atomic E-state index is 12.3. The van der Waals surface area contributed by atoms with Crippen LogP contribution in [0.2, 0.25) is 0 Å². The van der Waals surface area contributed by atoms with Crippen LogP contribution in [0.5, 0.6) is 0 Å². The molecule has 0 atom stereocenters. The number of rotatable bonds is 3. The van der Waals surface area contributed by atoms with E-state index in [4.69, 9.17) is 4.74 Å². The lowest BCUT2D eigenvalue weighted by Crippen LogP contribution is -2.01. The van der Waals surface area contributed by atoms with Crippen LogP contribution < -0.4 is 0 Å². The lowest BCUT2D eigenvalue weighted by molar-refractivity contribution is -0.112. The molecule has 0 aromatic heterocycles. The second kappa shape index (κ2) is 6.57. The monoisotopic (exact) mass is 382 g/mol. The summed E-state index contributed by atoms with van der Waals surface area (Å²) in [5, 5.41) is 0. The van der Waals surface area contributed by atoms with Gasteiger partial charge >= 0.3 is 0 Å². The number of carbonyl (C=O) groups is 2. The molecular formula is C20H15BrO3. The van der Waals surface area contributed by atoms with E-state index in [1.165, 1.54) is 12.2 Å². The van der Waals surface area contributed by atoms with Crippen molar-refractivity contribution >= 4 is 33.3 Å². The number of halogens is 1. The van der Waals surface area contributed by atoms with Gasteiger partial charge in [0.25, 0.3) is 0 Å². The quantitative estimate of drug-likeness (QED) is 0.566. The molecule has 0 fully saturated rings. The summed E-state index contributed by atoms with van der Waals surface area (Å²) in [6, 6.07) is 12.9. The van der Waals surface area contributed by atoms with E-state index in [-0.39, 0.29) is 17.3 Å². The lowest BCUT2D eigenvalue weighted by Gasteiger charge is -2.08. The van der Waals surface area contributed by atoms with Crippen molar-refractivity contribution in [2.24, 2.45) is 0 Å². The normalized spacial score (nSPS) is 15.4. The predicted octanol–water partition coefficient (Wildman–Crippen LogP) is 4.77. The molecule has 2 aromatic rings. The van der Waals surface area contributed by atoms with Gasteiger partial charge in [-0.15, -0.1) is 0 Å². The van der Waals surface area contributed by atoms with Crippen LogP contribution >= 0.6 is 15.9 Å². The summed E-state index contributed by atoms with van der Waals surface area (Å²) in [6.07, 6.45) is 2.68. The highest BCUT2D eigenvalue weighted by Gasteiger charge is 2.24. The molecule has 120 valence electrons. The van der Waals surface area contributed by atoms with Gasteiger partial charge in [0.05, 0.1) is 0 Å². The molecule has 2 aromatic carbocycles. The molecule has 0 saturated carbocycles. The number of carbonyl (C=O) groups excluding carboxylic acids is 2. The molecule has 0 aliphatic carbocycles. The van der Waals surface area contributed by atoms with Crippen LogP contribution in [-0.2, 0) is 9.53 Å². The zero-order valence-electron chi connectivity index (χ0n) is 13.3. The maximum Gasteiger partial charge on any atom is 0.224 e. The van der Waals surface area contributed by atoms with Crippen molar-refractivity contribution in [3.8, 4) is 0 Å². The van der Waals surface area contributed by atoms with E-state index in [2.05, 4.69) is 15.9 Å². The molecule has 3 rings (SSSR count). The van der Waals surface area contributed by atoms with Crippen molar-refractivity contribution in [3.05, 3.63) is 87.1 Å². The summed E-state index contributed by atoms with van der Waals surface area (Å²) in [6.45, 7) is 3.97. The average Bonchev–Trinajstić information content (AvgIpc) is 2.88. The van der Waals surface area contributed by atoms with Crippen LogP contribution in [0.1, 0.15) is 27.0 Å². The number of allylic oxidation sites excluding steroid dienone is 2. The largest absolute Gasteiger partial charge is 0.452 e. The molecule has 0 N–H and O–H groups in total. The fraction of sp³-hybridized carbons (Fsp3) is 0.100. The number of hydrogen-bond donors (Lipinski definition) is 0. The molecule has 0 unspecified atom stereocenters. The van der Waals surface area contributed by atoms with Crippen LogP contribution in [0.15, 0.2) is 64.8 Å². The van der Waals surface area contributed by atoms with Gasteiger partial charge < -0.3 is 4.74 Å². The number of aryl methyl sites for hydroxylation is 2. The van der Waals surface area contributed by atoms with Crippen LogP contribution in [0.3, 0.4) is 0 Å².